The summed E-state index contributed by atoms with van der Waals surface area (Å²) < 4.78 is 15.7. The maximum Gasteiger partial charge on any atom is 0.308 e. The number of hydrogen-bond acceptors (Lipinski definition) is 8. The van der Waals surface area contributed by atoms with Crippen LogP contribution in [0.25, 0.3) is 5.76 Å². The number of aliphatic hydroxyl groups excluding tert-OH is 1. The van der Waals surface area contributed by atoms with Gasteiger partial charge in [0.2, 0.25) is 0 Å². The van der Waals surface area contributed by atoms with Crippen LogP contribution in [-0.4, -0.2) is 74.0 Å². The van der Waals surface area contributed by atoms with Crippen LogP contribution in [0.2, 0.25) is 0 Å². The van der Waals surface area contributed by atoms with Gasteiger partial charge in [0, 0.05) is 25.6 Å². The molecule has 180 valence electrons. The van der Waals surface area contributed by atoms with Crippen LogP contribution in [0.5, 0.6) is 17.2 Å². The van der Waals surface area contributed by atoms with E-state index in [2.05, 4.69) is 0 Å². The second-order valence-electron chi connectivity index (χ2n) is 8.03. The molecule has 0 spiro atoms. The summed E-state index contributed by atoms with van der Waals surface area (Å²) in [5, 5.41) is 11.1. The first-order valence-corrected chi connectivity index (χ1v) is 10.6. The number of carbonyl (C=O) groups excluding carboxylic acids is 3. The van der Waals surface area contributed by atoms with Crippen molar-refractivity contribution >= 4 is 23.4 Å². The topological polar surface area (TPSA) is 106 Å². The minimum atomic E-state index is -0.887. The SMILES string of the molecule is COc1ccc(/C(O)=C2/C(=O)C(=O)N(CCN(C)C)C2c2ccc(OC)c(OC(C)=O)c2)cc1. The molecule has 0 radical (unpaired) electrons. The van der Waals surface area contributed by atoms with Crippen molar-refractivity contribution in [3.05, 3.63) is 59.2 Å². The molecule has 2 aromatic carbocycles. The zero-order chi connectivity index (χ0) is 25.0. The van der Waals surface area contributed by atoms with Gasteiger partial charge >= 0.3 is 5.97 Å². The summed E-state index contributed by atoms with van der Waals surface area (Å²) in [7, 11) is 6.68. The average Bonchev–Trinajstić information content (AvgIpc) is 3.06. The number of nitrogens with zero attached hydrogens (tertiary/aromatic N) is 2. The van der Waals surface area contributed by atoms with Crippen LogP contribution < -0.4 is 14.2 Å². The third kappa shape index (κ3) is 5.04. The maximum atomic E-state index is 13.1. The number of carbonyl (C=O) groups is 3. The van der Waals surface area contributed by atoms with Crippen LogP contribution in [0.3, 0.4) is 0 Å². The van der Waals surface area contributed by atoms with Crippen LogP contribution in [0.1, 0.15) is 24.1 Å². The van der Waals surface area contributed by atoms with Crippen molar-refractivity contribution in [2.75, 3.05) is 41.4 Å². The fraction of sp³-hybridized carbons (Fsp3) is 0.320. The molecule has 1 saturated heterocycles. The summed E-state index contributed by atoms with van der Waals surface area (Å²) in [6, 6.07) is 10.4. The van der Waals surface area contributed by atoms with E-state index >= 15 is 0 Å². The van der Waals surface area contributed by atoms with Crippen molar-refractivity contribution in [3.63, 3.8) is 0 Å². The molecule has 1 atom stereocenters. The van der Waals surface area contributed by atoms with Gasteiger partial charge in [0.05, 0.1) is 25.8 Å². The fourth-order valence-corrected chi connectivity index (χ4v) is 3.77. The lowest BCUT2D eigenvalue weighted by molar-refractivity contribution is -0.140. The number of aliphatic hydroxyl groups is 1. The number of amides is 1. The first kappa shape index (κ1) is 24.8. The average molecular weight is 469 g/mol. The summed E-state index contributed by atoms with van der Waals surface area (Å²) in [6.45, 7) is 2.01. The molecule has 9 nitrogen and oxygen atoms in total. The summed E-state index contributed by atoms with van der Waals surface area (Å²) in [5.41, 5.74) is 0.808. The van der Waals surface area contributed by atoms with Gasteiger partial charge in [-0.15, -0.1) is 0 Å². The Kier molecular flexibility index (Phi) is 7.57. The zero-order valence-corrected chi connectivity index (χ0v) is 19.8. The third-order valence-electron chi connectivity index (χ3n) is 5.45. The number of methoxy groups -OCH3 is 2. The monoisotopic (exact) mass is 468 g/mol. The molecule has 1 heterocycles. The van der Waals surface area contributed by atoms with Gasteiger partial charge in [0.15, 0.2) is 11.5 Å². The van der Waals surface area contributed by atoms with Crippen LogP contribution >= 0.6 is 0 Å². The Morgan fingerprint density at radius 2 is 1.71 bits per heavy atom. The summed E-state index contributed by atoms with van der Waals surface area (Å²) in [5.74, 6) is -1.30. The lowest BCUT2D eigenvalue weighted by Gasteiger charge is -2.27. The van der Waals surface area contributed by atoms with E-state index in [1.54, 1.807) is 42.5 Å². The Labute approximate surface area is 198 Å². The van der Waals surface area contributed by atoms with E-state index in [4.69, 9.17) is 14.2 Å². The molecule has 1 amide bonds. The molecule has 1 aliphatic rings. The maximum absolute atomic E-state index is 13.1. The molecule has 1 N–H and O–H groups in total. The number of likely N-dealkylation sites (tertiary alicyclic amines) is 1. The van der Waals surface area contributed by atoms with Gasteiger partial charge in [0.25, 0.3) is 11.7 Å². The highest BCUT2D eigenvalue weighted by Crippen LogP contribution is 2.42. The molecule has 1 aliphatic heterocycles. The predicted molar refractivity (Wildman–Crippen MR) is 125 cm³/mol. The van der Waals surface area contributed by atoms with Crippen LogP contribution in [0, 0.1) is 0 Å². The first-order valence-electron chi connectivity index (χ1n) is 10.6. The molecule has 0 saturated carbocycles. The Morgan fingerprint density at radius 3 is 2.26 bits per heavy atom. The molecule has 34 heavy (non-hydrogen) atoms. The third-order valence-corrected chi connectivity index (χ3v) is 5.45. The van der Waals surface area contributed by atoms with E-state index in [9.17, 15) is 19.5 Å². The van der Waals surface area contributed by atoms with Crippen molar-refractivity contribution in [2.24, 2.45) is 0 Å². The van der Waals surface area contributed by atoms with Crippen LogP contribution in [0.15, 0.2) is 48.0 Å². The highest BCUT2D eigenvalue weighted by atomic mass is 16.6. The van der Waals surface area contributed by atoms with E-state index in [1.807, 2.05) is 19.0 Å². The molecule has 0 aliphatic carbocycles. The minimum Gasteiger partial charge on any atom is -0.507 e. The Bertz CT molecular complexity index is 1120. The summed E-state index contributed by atoms with van der Waals surface area (Å²) in [4.78, 5) is 41.0. The number of hydrogen-bond donors (Lipinski definition) is 1. The van der Waals surface area contributed by atoms with Crippen molar-refractivity contribution in [1.82, 2.24) is 9.80 Å². The highest BCUT2D eigenvalue weighted by Gasteiger charge is 2.46. The molecule has 1 fully saturated rings. The summed E-state index contributed by atoms with van der Waals surface area (Å²) in [6.07, 6.45) is 0. The second kappa shape index (κ2) is 10.4. The van der Waals surface area contributed by atoms with Crippen molar-refractivity contribution < 1.29 is 33.7 Å². The van der Waals surface area contributed by atoms with Gasteiger partial charge in [-0.05, 0) is 56.1 Å². The van der Waals surface area contributed by atoms with Gasteiger partial charge in [-0.2, -0.15) is 0 Å². The van der Waals surface area contributed by atoms with Gasteiger partial charge in [-0.3, -0.25) is 14.4 Å². The van der Waals surface area contributed by atoms with E-state index in [0.29, 0.717) is 29.2 Å². The fourth-order valence-electron chi connectivity index (χ4n) is 3.77. The number of rotatable bonds is 8. The largest absolute Gasteiger partial charge is 0.507 e. The second-order valence-corrected chi connectivity index (χ2v) is 8.03. The highest BCUT2D eigenvalue weighted by molar-refractivity contribution is 6.46. The molecule has 3 rings (SSSR count). The lowest BCUT2D eigenvalue weighted by atomic mass is 9.95. The standard InChI is InChI=1S/C25H28N2O7/c1-15(28)34-20-14-17(8-11-19(20)33-5)22-21(23(29)16-6-9-18(32-4)10-7-16)24(30)25(31)27(22)13-12-26(2)3/h6-11,14,22,29H,12-13H2,1-5H3/b23-21-. The molecule has 9 heteroatoms. The Morgan fingerprint density at radius 1 is 1.03 bits per heavy atom. The molecule has 0 aromatic heterocycles. The molecule has 0 bridgehead atoms. The van der Waals surface area contributed by atoms with Gasteiger partial charge in [0.1, 0.15) is 11.5 Å². The molecule has 1 unspecified atom stereocenters. The number of ketones is 1. The molecular weight excluding hydrogens is 440 g/mol. The number of esters is 1. The van der Waals surface area contributed by atoms with E-state index in [1.165, 1.54) is 26.0 Å². The van der Waals surface area contributed by atoms with Crippen LogP contribution in [-0.2, 0) is 14.4 Å². The molecular formula is C25H28N2O7. The van der Waals surface area contributed by atoms with Crippen molar-refractivity contribution in [3.8, 4) is 17.2 Å². The number of Topliss-reactive ketones (excluding diaryl/α,β-unsaturated/α-hetero) is 1. The number of benzene rings is 2. The van der Waals surface area contributed by atoms with E-state index in [0.717, 1.165) is 0 Å². The quantitative estimate of drug-likeness (QED) is 0.207. The summed E-state index contributed by atoms with van der Waals surface area (Å²) >= 11 is 0. The first-order chi connectivity index (χ1) is 16.2. The van der Waals surface area contributed by atoms with E-state index < -0.39 is 23.7 Å². The Balaban J connectivity index is 2.18. The predicted octanol–water partition coefficient (Wildman–Crippen LogP) is 2.61. The zero-order valence-electron chi connectivity index (χ0n) is 19.8. The van der Waals surface area contributed by atoms with Gasteiger partial charge < -0.3 is 29.1 Å². The Hall–Kier alpha value is -3.85. The lowest BCUT2D eigenvalue weighted by Crippen LogP contribution is -2.35. The molecule has 2 aromatic rings. The van der Waals surface area contributed by atoms with Crippen molar-refractivity contribution in [1.29, 1.82) is 0 Å². The van der Waals surface area contributed by atoms with E-state index in [-0.39, 0.29) is 23.6 Å². The smallest absolute Gasteiger partial charge is 0.308 e. The van der Waals surface area contributed by atoms with Crippen LogP contribution in [0.4, 0.5) is 0 Å². The van der Waals surface area contributed by atoms with Gasteiger partial charge in [-0.1, -0.05) is 6.07 Å². The minimum absolute atomic E-state index is 0.0483. The number of ether oxygens (including phenoxy) is 3. The number of likely N-dealkylation sites (N-methyl/N-ethyl adjacent to an activating group) is 1. The van der Waals surface area contributed by atoms with Gasteiger partial charge in [-0.25, -0.2) is 0 Å². The van der Waals surface area contributed by atoms with Crippen molar-refractivity contribution in [2.45, 2.75) is 13.0 Å². The normalized spacial score (nSPS) is 17.2.